The molecular weight excluding hydrogens is 312 g/mol. The molecule has 1 aliphatic rings. The zero-order valence-electron chi connectivity index (χ0n) is 16.0. The summed E-state index contributed by atoms with van der Waals surface area (Å²) in [6.45, 7) is 9.24. The first-order valence-electron chi connectivity index (χ1n) is 9.51. The number of benzene rings is 1. The Kier molecular flexibility index (Phi) is 6.63. The molecular formula is C21H32N2O2. The third kappa shape index (κ3) is 5.32. The van der Waals surface area contributed by atoms with Crippen molar-refractivity contribution >= 4 is 17.5 Å². The Morgan fingerprint density at radius 1 is 1.00 bits per heavy atom. The number of rotatable bonds is 5. The van der Waals surface area contributed by atoms with Crippen molar-refractivity contribution in [1.82, 2.24) is 5.32 Å². The quantitative estimate of drug-likeness (QED) is 0.839. The fraction of sp³-hybridized carbons (Fsp3) is 0.619. The highest BCUT2D eigenvalue weighted by atomic mass is 16.2. The number of carbonyl (C=O) groups is 2. The summed E-state index contributed by atoms with van der Waals surface area (Å²) >= 11 is 0. The number of amides is 2. The molecule has 0 unspecified atom stereocenters. The summed E-state index contributed by atoms with van der Waals surface area (Å²) in [5, 5.41) is 6.10. The minimum absolute atomic E-state index is 0.00301. The van der Waals surface area contributed by atoms with Crippen molar-refractivity contribution in [3.8, 4) is 0 Å². The third-order valence-electron chi connectivity index (χ3n) is 5.01. The van der Waals surface area contributed by atoms with E-state index in [1.165, 1.54) is 0 Å². The van der Waals surface area contributed by atoms with Gasteiger partial charge in [-0.25, -0.2) is 0 Å². The Labute approximate surface area is 151 Å². The first-order valence-corrected chi connectivity index (χ1v) is 9.51. The molecule has 1 aliphatic carbocycles. The van der Waals surface area contributed by atoms with Crippen molar-refractivity contribution in [1.29, 1.82) is 0 Å². The Hall–Kier alpha value is -1.84. The van der Waals surface area contributed by atoms with Crippen LogP contribution in [0.15, 0.2) is 24.3 Å². The predicted octanol–water partition coefficient (Wildman–Crippen LogP) is 4.26. The minimum atomic E-state index is -0.0150. The van der Waals surface area contributed by atoms with Crippen LogP contribution in [0, 0.1) is 11.8 Å². The van der Waals surface area contributed by atoms with Gasteiger partial charge in [0.05, 0.1) is 0 Å². The molecule has 0 atom stereocenters. The highest BCUT2D eigenvalue weighted by Gasteiger charge is 2.30. The molecule has 0 bridgehead atoms. The highest BCUT2D eigenvalue weighted by Crippen LogP contribution is 2.32. The maximum atomic E-state index is 12.7. The number of carbonyl (C=O) groups excluding carboxylic acids is 2. The van der Waals surface area contributed by atoms with Crippen LogP contribution >= 0.6 is 0 Å². The molecule has 4 nitrogen and oxygen atoms in total. The Morgan fingerprint density at radius 3 is 2.12 bits per heavy atom. The van der Waals surface area contributed by atoms with E-state index in [0.29, 0.717) is 0 Å². The molecule has 2 N–H and O–H groups in total. The molecule has 1 fully saturated rings. The Bertz CT molecular complexity index is 596. The maximum Gasteiger partial charge on any atom is 0.227 e. The number of hydrogen-bond donors (Lipinski definition) is 2. The van der Waals surface area contributed by atoms with E-state index in [-0.39, 0.29) is 29.1 Å². The summed E-state index contributed by atoms with van der Waals surface area (Å²) in [5.74, 6) is 0.309. The molecule has 138 valence electrons. The molecule has 0 spiro atoms. The van der Waals surface area contributed by atoms with Crippen molar-refractivity contribution < 1.29 is 9.59 Å². The molecule has 0 aromatic heterocycles. The topological polar surface area (TPSA) is 58.2 Å². The van der Waals surface area contributed by atoms with Crippen LogP contribution < -0.4 is 10.6 Å². The second-order valence-electron chi connectivity index (χ2n) is 8.12. The summed E-state index contributed by atoms with van der Waals surface area (Å²) < 4.78 is 0. The first kappa shape index (κ1) is 19.5. The van der Waals surface area contributed by atoms with Crippen LogP contribution in [0.4, 0.5) is 5.69 Å². The SMILES string of the molecule is CCCNC(=O)C1CCC(C(=O)Nc2ccccc2C(C)(C)C)CC1. The molecule has 0 radical (unpaired) electrons. The van der Waals surface area contributed by atoms with Gasteiger partial charge >= 0.3 is 0 Å². The standard InChI is InChI=1S/C21H32N2O2/c1-5-14-22-19(24)15-10-12-16(13-11-15)20(25)23-18-9-7-6-8-17(18)21(2,3)4/h6-9,15-16H,5,10-14H2,1-4H3,(H,22,24)(H,23,25). The minimum Gasteiger partial charge on any atom is -0.356 e. The van der Waals surface area contributed by atoms with Crippen molar-refractivity contribution in [3.63, 3.8) is 0 Å². The average Bonchev–Trinajstić information content (AvgIpc) is 2.59. The fourth-order valence-electron chi connectivity index (χ4n) is 3.49. The molecule has 2 rings (SSSR count). The molecule has 0 aliphatic heterocycles. The Morgan fingerprint density at radius 2 is 1.56 bits per heavy atom. The van der Waals surface area contributed by atoms with E-state index in [9.17, 15) is 9.59 Å². The van der Waals surface area contributed by atoms with Crippen LogP contribution in [-0.4, -0.2) is 18.4 Å². The molecule has 4 heteroatoms. The van der Waals surface area contributed by atoms with E-state index in [1.807, 2.05) is 18.2 Å². The van der Waals surface area contributed by atoms with Crippen molar-refractivity contribution in [2.24, 2.45) is 11.8 Å². The highest BCUT2D eigenvalue weighted by molar-refractivity contribution is 5.93. The fourth-order valence-corrected chi connectivity index (χ4v) is 3.49. The number of hydrogen-bond acceptors (Lipinski definition) is 2. The van der Waals surface area contributed by atoms with E-state index in [2.05, 4.69) is 44.4 Å². The lowest BCUT2D eigenvalue weighted by molar-refractivity contribution is -0.128. The zero-order valence-corrected chi connectivity index (χ0v) is 16.0. The van der Waals surface area contributed by atoms with E-state index in [1.54, 1.807) is 0 Å². The van der Waals surface area contributed by atoms with E-state index in [0.717, 1.165) is 49.9 Å². The van der Waals surface area contributed by atoms with Crippen LogP contribution in [0.2, 0.25) is 0 Å². The molecule has 1 saturated carbocycles. The van der Waals surface area contributed by atoms with Crippen molar-refractivity contribution in [2.45, 2.75) is 65.2 Å². The van der Waals surface area contributed by atoms with Gasteiger partial charge in [0.25, 0.3) is 0 Å². The summed E-state index contributed by atoms with van der Waals surface area (Å²) in [6, 6.07) is 8.02. The van der Waals surface area contributed by atoms with Crippen LogP contribution in [-0.2, 0) is 15.0 Å². The second kappa shape index (κ2) is 8.50. The van der Waals surface area contributed by atoms with E-state index < -0.39 is 0 Å². The molecule has 0 saturated heterocycles. The van der Waals surface area contributed by atoms with Gasteiger partial charge in [-0.2, -0.15) is 0 Å². The summed E-state index contributed by atoms with van der Waals surface area (Å²) in [6.07, 6.45) is 4.13. The van der Waals surface area contributed by atoms with E-state index >= 15 is 0 Å². The Balaban J connectivity index is 1.93. The average molecular weight is 344 g/mol. The predicted molar refractivity (Wildman–Crippen MR) is 103 cm³/mol. The van der Waals surface area contributed by atoms with Gasteiger partial charge in [-0.1, -0.05) is 45.9 Å². The lowest BCUT2D eigenvalue weighted by atomic mass is 9.80. The summed E-state index contributed by atoms with van der Waals surface area (Å²) in [7, 11) is 0. The van der Waals surface area contributed by atoms with Gasteiger partial charge < -0.3 is 10.6 Å². The van der Waals surface area contributed by atoms with Crippen LogP contribution in [0.1, 0.15) is 65.4 Å². The largest absolute Gasteiger partial charge is 0.356 e. The van der Waals surface area contributed by atoms with Gasteiger partial charge in [0.2, 0.25) is 11.8 Å². The molecule has 1 aromatic rings. The number of para-hydroxylation sites is 1. The van der Waals surface area contributed by atoms with Gasteiger partial charge in [-0.15, -0.1) is 0 Å². The summed E-state index contributed by atoms with van der Waals surface area (Å²) in [4.78, 5) is 24.8. The normalized spacial score (nSPS) is 20.8. The van der Waals surface area contributed by atoms with E-state index in [4.69, 9.17) is 0 Å². The first-order chi connectivity index (χ1) is 11.8. The number of anilines is 1. The molecule has 25 heavy (non-hydrogen) atoms. The molecule has 1 aromatic carbocycles. The van der Waals surface area contributed by atoms with Crippen molar-refractivity contribution in [3.05, 3.63) is 29.8 Å². The second-order valence-corrected chi connectivity index (χ2v) is 8.12. The van der Waals surface area contributed by atoms with Gasteiger partial charge in [0, 0.05) is 24.1 Å². The van der Waals surface area contributed by atoms with Gasteiger partial charge in [0.1, 0.15) is 0 Å². The van der Waals surface area contributed by atoms with Gasteiger partial charge in [-0.05, 0) is 49.1 Å². The summed E-state index contributed by atoms with van der Waals surface area (Å²) in [5.41, 5.74) is 2.04. The van der Waals surface area contributed by atoms with Gasteiger partial charge in [-0.3, -0.25) is 9.59 Å². The molecule has 2 amide bonds. The lowest BCUT2D eigenvalue weighted by Crippen LogP contribution is -2.36. The van der Waals surface area contributed by atoms with Crippen molar-refractivity contribution in [2.75, 3.05) is 11.9 Å². The van der Waals surface area contributed by atoms with Crippen LogP contribution in [0.5, 0.6) is 0 Å². The smallest absolute Gasteiger partial charge is 0.227 e. The monoisotopic (exact) mass is 344 g/mol. The third-order valence-corrected chi connectivity index (χ3v) is 5.01. The van der Waals surface area contributed by atoms with Crippen LogP contribution in [0.3, 0.4) is 0 Å². The zero-order chi connectivity index (χ0) is 18.4. The molecule has 0 heterocycles. The number of nitrogens with one attached hydrogen (secondary N) is 2. The van der Waals surface area contributed by atoms with Gasteiger partial charge in [0.15, 0.2) is 0 Å². The maximum absolute atomic E-state index is 12.7. The lowest BCUT2D eigenvalue weighted by Gasteiger charge is -2.28. The van der Waals surface area contributed by atoms with Crippen LogP contribution in [0.25, 0.3) is 0 Å².